The third-order valence-corrected chi connectivity index (χ3v) is 7.46. The highest BCUT2D eigenvalue weighted by molar-refractivity contribution is 5.99. The fourth-order valence-electron chi connectivity index (χ4n) is 5.58. The molecule has 4 aromatic rings. The van der Waals surface area contributed by atoms with Gasteiger partial charge in [-0.2, -0.15) is 10.4 Å². The average Bonchev–Trinajstić information content (AvgIpc) is 3.42. The number of hydrogen-bond donors (Lipinski definition) is 2. The Morgan fingerprint density at radius 3 is 2.61 bits per heavy atom. The maximum absolute atomic E-state index is 14.9. The van der Waals surface area contributed by atoms with Crippen molar-refractivity contribution < 1.29 is 23.1 Å². The first-order valence-electron chi connectivity index (χ1n) is 11.8. The van der Waals surface area contributed by atoms with Crippen LogP contribution in [0.4, 0.5) is 13.2 Å². The summed E-state index contributed by atoms with van der Waals surface area (Å²) in [6.07, 6.45) is 2.16. The van der Waals surface area contributed by atoms with Gasteiger partial charge in [0.2, 0.25) is 5.67 Å². The molecular formula is C27H25F3N4O2. The van der Waals surface area contributed by atoms with Gasteiger partial charge in [-0.3, -0.25) is 5.10 Å². The number of carbonyl (C=O) groups is 1. The van der Waals surface area contributed by atoms with Gasteiger partial charge in [0, 0.05) is 40.1 Å². The molecule has 0 unspecified atom stereocenters. The van der Waals surface area contributed by atoms with Gasteiger partial charge in [0.15, 0.2) is 11.6 Å². The number of nitrogens with zero attached hydrogens (tertiary/aromatic N) is 3. The van der Waals surface area contributed by atoms with Crippen LogP contribution in [-0.2, 0) is 10.2 Å². The van der Waals surface area contributed by atoms with Crippen LogP contribution in [0.15, 0.2) is 36.5 Å². The molecule has 0 amide bonds. The van der Waals surface area contributed by atoms with Crippen LogP contribution in [0, 0.1) is 23.0 Å². The second-order valence-electron chi connectivity index (χ2n) is 10.3. The Labute approximate surface area is 205 Å². The normalized spacial score (nSPS) is 20.6. The van der Waals surface area contributed by atoms with Crippen molar-refractivity contribution in [1.29, 1.82) is 5.26 Å². The Kier molecular flexibility index (Phi) is 5.58. The molecule has 1 aliphatic carbocycles. The first-order chi connectivity index (χ1) is 17.1. The molecule has 36 heavy (non-hydrogen) atoms. The quantitative estimate of drug-likeness (QED) is 0.334. The van der Waals surface area contributed by atoms with Crippen LogP contribution in [0.25, 0.3) is 27.5 Å². The zero-order chi connectivity index (χ0) is 25.8. The summed E-state index contributed by atoms with van der Waals surface area (Å²) in [7, 11) is 0. The minimum atomic E-state index is -2.27. The molecule has 2 aromatic heterocycles. The van der Waals surface area contributed by atoms with Crippen LogP contribution in [0.2, 0.25) is 0 Å². The van der Waals surface area contributed by atoms with Crippen LogP contribution in [-0.4, -0.2) is 31.5 Å². The average molecular weight is 495 g/mol. The van der Waals surface area contributed by atoms with E-state index in [4.69, 9.17) is 0 Å². The summed E-state index contributed by atoms with van der Waals surface area (Å²) in [6, 6.07) is 9.76. The first kappa shape index (κ1) is 23.9. The Morgan fingerprint density at radius 1 is 1.25 bits per heavy atom. The lowest BCUT2D eigenvalue weighted by Gasteiger charge is -2.34. The van der Waals surface area contributed by atoms with Gasteiger partial charge >= 0.3 is 5.97 Å². The molecule has 0 saturated heterocycles. The van der Waals surface area contributed by atoms with Crippen molar-refractivity contribution in [2.24, 2.45) is 0 Å². The Balaban J connectivity index is 1.83. The molecule has 0 aliphatic heterocycles. The minimum absolute atomic E-state index is 0.130. The largest absolute Gasteiger partial charge is 0.479 e. The number of fused-ring (bicyclic) bond motifs is 2. The maximum Gasteiger partial charge on any atom is 0.341 e. The van der Waals surface area contributed by atoms with Gasteiger partial charge in [0.1, 0.15) is 0 Å². The van der Waals surface area contributed by atoms with Crippen molar-refractivity contribution in [3.63, 3.8) is 0 Å². The molecule has 0 radical (unpaired) electrons. The Hall–Kier alpha value is -3.80. The molecule has 186 valence electrons. The summed E-state index contributed by atoms with van der Waals surface area (Å²) < 4.78 is 45.1. The van der Waals surface area contributed by atoms with Gasteiger partial charge in [-0.25, -0.2) is 18.0 Å². The molecule has 1 fully saturated rings. The number of aromatic nitrogens is 3. The van der Waals surface area contributed by atoms with E-state index in [1.54, 1.807) is 6.20 Å². The Bertz CT molecular complexity index is 1540. The summed E-state index contributed by atoms with van der Waals surface area (Å²) in [4.78, 5) is 11.5. The zero-order valence-electron chi connectivity index (χ0n) is 19.9. The van der Waals surface area contributed by atoms with Gasteiger partial charge in [-0.15, -0.1) is 0 Å². The predicted molar refractivity (Wildman–Crippen MR) is 129 cm³/mol. The van der Waals surface area contributed by atoms with Crippen LogP contribution in [0.3, 0.4) is 0 Å². The predicted octanol–water partition coefficient (Wildman–Crippen LogP) is 6.43. The van der Waals surface area contributed by atoms with Crippen molar-refractivity contribution in [2.45, 2.75) is 63.0 Å². The fraction of sp³-hybridized carbons (Fsp3) is 0.370. The molecule has 6 nitrogen and oxygen atoms in total. The lowest BCUT2D eigenvalue weighted by Crippen LogP contribution is -2.37. The van der Waals surface area contributed by atoms with Crippen molar-refractivity contribution >= 4 is 27.8 Å². The van der Waals surface area contributed by atoms with E-state index in [1.165, 1.54) is 6.07 Å². The second-order valence-corrected chi connectivity index (χ2v) is 10.3. The number of aromatic amines is 1. The number of halogens is 3. The minimum Gasteiger partial charge on any atom is -0.479 e. The summed E-state index contributed by atoms with van der Waals surface area (Å²) in [5, 5.41) is 27.7. The van der Waals surface area contributed by atoms with Crippen molar-refractivity contribution in [1.82, 2.24) is 14.8 Å². The highest BCUT2D eigenvalue weighted by atomic mass is 19.2. The fourth-order valence-corrected chi connectivity index (χ4v) is 5.58. The number of carboxylic acids is 1. The molecule has 0 spiro atoms. The van der Waals surface area contributed by atoms with Crippen molar-refractivity contribution in [3.8, 4) is 11.8 Å². The van der Waals surface area contributed by atoms with E-state index in [-0.39, 0.29) is 25.2 Å². The number of aliphatic carboxylic acids is 1. The van der Waals surface area contributed by atoms with Crippen LogP contribution in [0.5, 0.6) is 0 Å². The second kappa shape index (κ2) is 8.40. The molecule has 1 aliphatic rings. The molecule has 2 aromatic carbocycles. The molecule has 0 bridgehead atoms. The molecule has 2 heterocycles. The molecule has 2 N–H and O–H groups in total. The number of hydrogen-bond acceptors (Lipinski definition) is 3. The zero-order valence-corrected chi connectivity index (χ0v) is 19.9. The van der Waals surface area contributed by atoms with E-state index in [0.717, 1.165) is 45.2 Å². The topological polar surface area (TPSA) is 94.7 Å². The number of H-pyrrole nitrogens is 1. The van der Waals surface area contributed by atoms with Gasteiger partial charge in [-0.1, -0.05) is 13.8 Å². The lowest BCUT2D eigenvalue weighted by molar-refractivity contribution is -0.153. The van der Waals surface area contributed by atoms with Gasteiger partial charge in [-0.05, 0) is 61.4 Å². The highest BCUT2D eigenvalue weighted by Gasteiger charge is 2.44. The molecule has 1 saturated carbocycles. The van der Waals surface area contributed by atoms with E-state index in [0.29, 0.717) is 18.5 Å². The maximum atomic E-state index is 14.9. The van der Waals surface area contributed by atoms with E-state index in [2.05, 4.69) is 16.3 Å². The number of alkyl halides is 1. The van der Waals surface area contributed by atoms with Crippen LogP contribution < -0.4 is 0 Å². The number of carboxylic acid groups (broad SMARTS) is 1. The standard InChI is InChI=1S/C27H25F3N4O2/c1-26(2,9-10-31)24-23(15-5-7-27(30,8-6-15)25(35)36)18-13-21-16(14-32-33-21)11-22(18)34(24)17-3-4-19(28)20(29)12-17/h3-4,11-15H,5-9H2,1-2H3,(H,32,33)(H,35,36). The van der Waals surface area contributed by atoms with Crippen LogP contribution >= 0.6 is 0 Å². The summed E-state index contributed by atoms with van der Waals surface area (Å²) in [5.74, 6) is -3.60. The van der Waals surface area contributed by atoms with E-state index < -0.39 is 28.7 Å². The smallest absolute Gasteiger partial charge is 0.341 e. The molecule has 0 atom stereocenters. The number of benzene rings is 2. The SMILES string of the molecule is CC(C)(CC#N)c1c(C2CCC(F)(C(=O)O)CC2)c2cc3[nH]ncc3cc2n1-c1ccc(F)c(F)c1. The van der Waals surface area contributed by atoms with Gasteiger partial charge in [0.05, 0.1) is 23.3 Å². The third-order valence-electron chi connectivity index (χ3n) is 7.46. The summed E-state index contributed by atoms with van der Waals surface area (Å²) in [6.45, 7) is 3.83. The highest BCUT2D eigenvalue weighted by Crippen LogP contribution is 2.49. The number of nitrogens with one attached hydrogen (secondary N) is 1. The van der Waals surface area contributed by atoms with Crippen LogP contribution in [0.1, 0.15) is 63.1 Å². The lowest BCUT2D eigenvalue weighted by atomic mass is 9.73. The number of rotatable bonds is 5. The van der Waals surface area contributed by atoms with Crippen molar-refractivity contribution in [3.05, 3.63) is 59.4 Å². The molecular weight excluding hydrogens is 469 g/mol. The first-order valence-corrected chi connectivity index (χ1v) is 11.8. The van der Waals surface area contributed by atoms with Crippen molar-refractivity contribution in [2.75, 3.05) is 0 Å². The molecule has 9 heteroatoms. The van der Waals surface area contributed by atoms with Gasteiger partial charge < -0.3 is 9.67 Å². The monoisotopic (exact) mass is 494 g/mol. The van der Waals surface area contributed by atoms with E-state index in [9.17, 15) is 28.3 Å². The Morgan fingerprint density at radius 2 is 1.97 bits per heavy atom. The van der Waals surface area contributed by atoms with Gasteiger partial charge in [0.25, 0.3) is 0 Å². The van der Waals surface area contributed by atoms with E-state index >= 15 is 0 Å². The summed E-state index contributed by atoms with van der Waals surface area (Å²) >= 11 is 0. The third kappa shape index (κ3) is 3.72. The molecule has 5 rings (SSSR count). The summed E-state index contributed by atoms with van der Waals surface area (Å²) in [5.41, 5.74) is 0.537. The number of nitriles is 1. The van der Waals surface area contributed by atoms with E-state index in [1.807, 2.05) is 30.5 Å².